The summed E-state index contributed by atoms with van der Waals surface area (Å²) in [6, 6.07) is 8.10. The fourth-order valence-electron chi connectivity index (χ4n) is 2.65. The van der Waals surface area contributed by atoms with Gasteiger partial charge in [0, 0.05) is 26.6 Å². The van der Waals surface area contributed by atoms with Crippen molar-refractivity contribution in [2.45, 2.75) is 25.0 Å². The Morgan fingerprint density at radius 1 is 1.44 bits per heavy atom. The molecule has 2 unspecified atom stereocenters. The Kier molecular flexibility index (Phi) is 2.96. The number of para-hydroxylation sites is 1. The van der Waals surface area contributed by atoms with Crippen LogP contribution in [-0.2, 0) is 11.2 Å². The zero-order chi connectivity index (χ0) is 12.5. The molecule has 0 bridgehead atoms. The minimum absolute atomic E-state index is 0.0256. The highest BCUT2D eigenvalue weighted by Crippen LogP contribution is 2.27. The van der Waals surface area contributed by atoms with E-state index in [0.29, 0.717) is 0 Å². The first-order valence-corrected chi connectivity index (χ1v) is 6.47. The van der Waals surface area contributed by atoms with Crippen molar-refractivity contribution in [3.63, 3.8) is 0 Å². The summed E-state index contributed by atoms with van der Waals surface area (Å²) in [6.07, 6.45) is 1.98. The number of nitrogens with zero attached hydrogens (tertiary/aromatic N) is 1. The molecule has 1 aromatic rings. The van der Waals surface area contributed by atoms with Crippen molar-refractivity contribution in [3.8, 4) is 5.75 Å². The van der Waals surface area contributed by atoms with Crippen molar-refractivity contribution in [3.05, 3.63) is 29.8 Å². The topological polar surface area (TPSA) is 41.6 Å². The predicted molar refractivity (Wildman–Crippen MR) is 68.6 cm³/mol. The number of amides is 1. The summed E-state index contributed by atoms with van der Waals surface area (Å²) in [5.74, 6) is 1.18. The van der Waals surface area contributed by atoms with E-state index in [1.54, 1.807) is 4.90 Å². The number of carbonyl (C=O) groups is 1. The van der Waals surface area contributed by atoms with Crippen LogP contribution in [0.3, 0.4) is 0 Å². The molecule has 2 aliphatic rings. The van der Waals surface area contributed by atoms with E-state index >= 15 is 0 Å². The van der Waals surface area contributed by atoms with Crippen LogP contribution in [-0.4, -0.2) is 43.1 Å². The van der Waals surface area contributed by atoms with Crippen molar-refractivity contribution in [1.29, 1.82) is 0 Å². The third-order valence-corrected chi connectivity index (χ3v) is 3.73. The second kappa shape index (κ2) is 4.61. The van der Waals surface area contributed by atoms with Gasteiger partial charge in [-0.2, -0.15) is 0 Å². The summed E-state index contributed by atoms with van der Waals surface area (Å²) in [6.45, 7) is 1.58. The molecule has 2 atom stereocenters. The van der Waals surface area contributed by atoms with Gasteiger partial charge in [0.25, 0.3) is 0 Å². The summed E-state index contributed by atoms with van der Waals surface area (Å²) in [7, 11) is 1.85. The number of rotatable bonds is 3. The maximum absolute atomic E-state index is 11.8. The molecule has 0 spiro atoms. The first kappa shape index (κ1) is 11.5. The van der Waals surface area contributed by atoms with Crippen LogP contribution in [0.15, 0.2) is 24.3 Å². The summed E-state index contributed by atoms with van der Waals surface area (Å²) in [5.41, 5.74) is 1.26. The molecule has 1 amide bonds. The molecule has 96 valence electrons. The van der Waals surface area contributed by atoms with Gasteiger partial charge in [-0.25, -0.2) is 0 Å². The number of hydrogen-bond donors (Lipinski definition) is 1. The monoisotopic (exact) mass is 246 g/mol. The van der Waals surface area contributed by atoms with E-state index in [2.05, 4.69) is 11.4 Å². The fourth-order valence-corrected chi connectivity index (χ4v) is 2.65. The highest BCUT2D eigenvalue weighted by atomic mass is 16.5. The molecule has 0 aliphatic carbocycles. The number of hydrogen-bond acceptors (Lipinski definition) is 3. The van der Waals surface area contributed by atoms with Crippen molar-refractivity contribution in [2.75, 3.05) is 20.1 Å². The molecule has 18 heavy (non-hydrogen) atoms. The van der Waals surface area contributed by atoms with Gasteiger partial charge in [0.2, 0.25) is 5.91 Å². The summed E-state index contributed by atoms with van der Waals surface area (Å²) in [5, 5.41) is 3.32. The van der Waals surface area contributed by atoms with Gasteiger partial charge in [0.05, 0.1) is 6.04 Å². The van der Waals surface area contributed by atoms with Crippen molar-refractivity contribution in [1.82, 2.24) is 10.2 Å². The first-order chi connectivity index (χ1) is 8.74. The molecular weight excluding hydrogens is 228 g/mol. The van der Waals surface area contributed by atoms with Gasteiger partial charge in [0.1, 0.15) is 11.9 Å². The Morgan fingerprint density at radius 2 is 2.28 bits per heavy atom. The van der Waals surface area contributed by atoms with Gasteiger partial charge >= 0.3 is 0 Å². The second-order valence-corrected chi connectivity index (χ2v) is 5.06. The minimum atomic E-state index is -0.0256. The minimum Gasteiger partial charge on any atom is -0.488 e. The first-order valence-electron chi connectivity index (χ1n) is 6.47. The van der Waals surface area contributed by atoms with Crippen LogP contribution in [0, 0.1) is 0 Å². The molecule has 0 aromatic heterocycles. The van der Waals surface area contributed by atoms with E-state index in [4.69, 9.17) is 4.74 Å². The Morgan fingerprint density at radius 3 is 3.00 bits per heavy atom. The molecule has 4 heteroatoms. The third kappa shape index (κ3) is 2.08. The molecule has 4 nitrogen and oxygen atoms in total. The number of likely N-dealkylation sites (tertiary alicyclic amines) is 1. The van der Waals surface area contributed by atoms with Gasteiger partial charge in [-0.05, 0) is 18.1 Å². The van der Waals surface area contributed by atoms with Crippen LogP contribution in [0.5, 0.6) is 5.75 Å². The summed E-state index contributed by atoms with van der Waals surface area (Å²) in [4.78, 5) is 13.5. The van der Waals surface area contributed by atoms with Crippen LogP contribution >= 0.6 is 0 Å². The van der Waals surface area contributed by atoms with Crippen molar-refractivity contribution < 1.29 is 9.53 Å². The van der Waals surface area contributed by atoms with Crippen LogP contribution in [0.4, 0.5) is 0 Å². The van der Waals surface area contributed by atoms with Gasteiger partial charge in [-0.1, -0.05) is 18.2 Å². The average Bonchev–Trinajstić information content (AvgIpc) is 2.92. The number of nitrogens with one attached hydrogen (secondary N) is 1. The fraction of sp³-hybridized carbons (Fsp3) is 0.500. The van der Waals surface area contributed by atoms with Gasteiger partial charge < -0.3 is 15.0 Å². The molecule has 2 heterocycles. The number of fused-ring (bicyclic) bond motifs is 1. The van der Waals surface area contributed by atoms with Gasteiger partial charge in [-0.15, -0.1) is 0 Å². The zero-order valence-electron chi connectivity index (χ0n) is 10.6. The Hall–Kier alpha value is -1.55. The lowest BCUT2D eigenvalue weighted by Gasteiger charge is -2.15. The zero-order valence-corrected chi connectivity index (χ0v) is 10.6. The van der Waals surface area contributed by atoms with Crippen LogP contribution < -0.4 is 10.1 Å². The lowest BCUT2D eigenvalue weighted by molar-refractivity contribution is -0.128. The van der Waals surface area contributed by atoms with E-state index in [-0.39, 0.29) is 18.1 Å². The largest absolute Gasteiger partial charge is 0.488 e. The highest BCUT2D eigenvalue weighted by Gasteiger charge is 2.30. The lowest BCUT2D eigenvalue weighted by Crippen LogP contribution is -2.41. The predicted octanol–water partition coefficient (Wildman–Crippen LogP) is 0.810. The molecule has 1 fully saturated rings. The number of ether oxygens (including phenoxy) is 1. The number of carbonyl (C=O) groups excluding carboxylic acids is 1. The number of benzene rings is 1. The maximum Gasteiger partial charge on any atom is 0.239 e. The third-order valence-electron chi connectivity index (χ3n) is 3.73. The Labute approximate surface area is 107 Å². The van der Waals surface area contributed by atoms with Gasteiger partial charge in [0.15, 0.2) is 0 Å². The molecule has 0 saturated carbocycles. The van der Waals surface area contributed by atoms with Crippen molar-refractivity contribution >= 4 is 5.91 Å². The molecule has 2 aliphatic heterocycles. The maximum atomic E-state index is 11.8. The van der Waals surface area contributed by atoms with Gasteiger partial charge in [-0.3, -0.25) is 4.79 Å². The lowest BCUT2D eigenvalue weighted by atomic mass is 10.1. The summed E-state index contributed by atoms with van der Waals surface area (Å²) < 4.78 is 5.84. The Bertz CT molecular complexity index is 436. The molecule has 1 saturated heterocycles. The molecular formula is C14H18N2O2. The SMILES string of the molecule is CN1CCC(NCC2Cc3ccccc3O2)C1=O. The van der Waals surface area contributed by atoms with Crippen molar-refractivity contribution in [2.24, 2.45) is 0 Å². The van der Waals surface area contributed by atoms with Crippen LogP contribution in [0.25, 0.3) is 0 Å². The van der Waals surface area contributed by atoms with E-state index < -0.39 is 0 Å². The van der Waals surface area contributed by atoms with Crippen LogP contribution in [0.2, 0.25) is 0 Å². The smallest absolute Gasteiger partial charge is 0.239 e. The van der Waals surface area contributed by atoms with E-state index in [0.717, 1.165) is 31.7 Å². The quantitative estimate of drug-likeness (QED) is 0.858. The molecule has 3 rings (SSSR count). The number of likely N-dealkylation sites (N-methyl/N-ethyl adjacent to an activating group) is 1. The standard InChI is InChI=1S/C14H18N2O2/c1-16-7-6-12(14(16)17)15-9-11-8-10-4-2-3-5-13(10)18-11/h2-5,11-12,15H,6-9H2,1H3. The van der Waals surface area contributed by atoms with E-state index in [1.807, 2.05) is 25.2 Å². The van der Waals surface area contributed by atoms with E-state index in [1.165, 1.54) is 5.56 Å². The van der Waals surface area contributed by atoms with Crippen LogP contribution in [0.1, 0.15) is 12.0 Å². The molecule has 1 N–H and O–H groups in total. The van der Waals surface area contributed by atoms with E-state index in [9.17, 15) is 4.79 Å². The summed E-state index contributed by atoms with van der Waals surface area (Å²) >= 11 is 0. The molecule has 0 radical (unpaired) electrons. The Balaban J connectivity index is 1.53. The molecule has 1 aromatic carbocycles. The highest BCUT2D eigenvalue weighted by molar-refractivity contribution is 5.83. The second-order valence-electron chi connectivity index (χ2n) is 5.06. The average molecular weight is 246 g/mol. The normalized spacial score (nSPS) is 26.3.